The molecule has 23 heavy (non-hydrogen) atoms. The molecule has 0 radical (unpaired) electrons. The van der Waals surface area contributed by atoms with E-state index in [0.29, 0.717) is 18.2 Å². The van der Waals surface area contributed by atoms with Gasteiger partial charge in [0.05, 0.1) is 6.54 Å². The van der Waals surface area contributed by atoms with Gasteiger partial charge in [0.25, 0.3) is 0 Å². The summed E-state index contributed by atoms with van der Waals surface area (Å²) in [5.41, 5.74) is 1.38. The van der Waals surface area contributed by atoms with Crippen LogP contribution in [0.3, 0.4) is 0 Å². The van der Waals surface area contributed by atoms with Crippen LogP contribution in [0.15, 0.2) is 41.8 Å². The van der Waals surface area contributed by atoms with Gasteiger partial charge in [-0.15, -0.1) is 11.3 Å². The number of hydrogen-bond donors (Lipinski definition) is 1. The first-order valence-electron chi connectivity index (χ1n) is 7.82. The number of Topliss-reactive ketones (excluding diaryl/α,β-unsaturated/α-hetero) is 1. The highest BCUT2D eigenvalue weighted by atomic mass is 32.1. The molecule has 1 amide bonds. The maximum absolute atomic E-state index is 12.3. The molecule has 1 aliphatic rings. The molecule has 1 aromatic heterocycles. The van der Waals surface area contributed by atoms with Crippen LogP contribution in [0.4, 0.5) is 5.69 Å². The number of likely N-dealkylation sites (tertiary alicyclic amines) is 1. The molecule has 1 saturated heterocycles. The lowest BCUT2D eigenvalue weighted by atomic mass is 10.1. The van der Waals surface area contributed by atoms with Crippen LogP contribution in [-0.4, -0.2) is 29.7 Å². The van der Waals surface area contributed by atoms with Crippen molar-refractivity contribution < 1.29 is 9.59 Å². The van der Waals surface area contributed by atoms with E-state index in [1.807, 2.05) is 0 Å². The Hall–Kier alpha value is -1.98. The number of hydrogen-bond acceptors (Lipinski definition) is 4. The highest BCUT2D eigenvalue weighted by Gasteiger charge is 2.28. The van der Waals surface area contributed by atoms with Gasteiger partial charge in [0, 0.05) is 22.2 Å². The molecule has 0 aliphatic carbocycles. The Morgan fingerprint density at radius 1 is 1.26 bits per heavy atom. The first-order chi connectivity index (χ1) is 11.1. The van der Waals surface area contributed by atoms with E-state index in [-0.39, 0.29) is 11.7 Å². The van der Waals surface area contributed by atoms with Gasteiger partial charge in [0.1, 0.15) is 0 Å². The topological polar surface area (TPSA) is 49.4 Å². The minimum absolute atomic E-state index is 0.0102. The zero-order valence-corrected chi connectivity index (χ0v) is 13.9. The fraction of sp³-hybridized carbons (Fsp3) is 0.333. The summed E-state index contributed by atoms with van der Waals surface area (Å²) < 4.78 is 0. The molecule has 1 atom stereocenters. The number of nitrogens with one attached hydrogen (secondary N) is 1. The Morgan fingerprint density at radius 3 is 2.70 bits per heavy atom. The van der Waals surface area contributed by atoms with E-state index in [4.69, 9.17) is 0 Å². The summed E-state index contributed by atoms with van der Waals surface area (Å²) in [4.78, 5) is 27.1. The van der Waals surface area contributed by atoms with Crippen molar-refractivity contribution in [2.45, 2.75) is 25.8 Å². The third-order valence-electron chi connectivity index (χ3n) is 4.16. The van der Waals surface area contributed by atoms with Gasteiger partial charge in [-0.3, -0.25) is 14.5 Å². The second kappa shape index (κ2) is 7.06. The molecule has 3 rings (SSSR count). The zero-order chi connectivity index (χ0) is 16.2. The second-order valence-electron chi connectivity index (χ2n) is 5.83. The average Bonchev–Trinajstić information content (AvgIpc) is 3.18. The van der Waals surface area contributed by atoms with Crippen molar-refractivity contribution in [3.05, 3.63) is 52.2 Å². The summed E-state index contributed by atoms with van der Waals surface area (Å²) in [7, 11) is 0. The Morgan fingerprint density at radius 2 is 2.04 bits per heavy atom. The van der Waals surface area contributed by atoms with E-state index in [9.17, 15) is 9.59 Å². The molecule has 0 spiro atoms. The second-order valence-corrected chi connectivity index (χ2v) is 6.80. The molecule has 1 aromatic carbocycles. The molecule has 0 bridgehead atoms. The quantitative estimate of drug-likeness (QED) is 0.851. The van der Waals surface area contributed by atoms with E-state index in [2.05, 4.69) is 27.7 Å². The van der Waals surface area contributed by atoms with Crippen molar-refractivity contribution in [1.29, 1.82) is 0 Å². The number of anilines is 1. The zero-order valence-electron chi connectivity index (χ0n) is 13.1. The maximum atomic E-state index is 12.3. The van der Waals surface area contributed by atoms with Crippen molar-refractivity contribution in [2.24, 2.45) is 0 Å². The minimum atomic E-state index is -0.0102. The minimum Gasteiger partial charge on any atom is -0.325 e. The number of amides is 1. The lowest BCUT2D eigenvalue weighted by Crippen LogP contribution is -2.32. The number of thiophene rings is 1. The van der Waals surface area contributed by atoms with Crippen molar-refractivity contribution in [3.8, 4) is 0 Å². The number of carbonyl (C=O) groups excluding carboxylic acids is 2. The molecule has 2 aromatic rings. The van der Waals surface area contributed by atoms with Crippen LogP contribution in [-0.2, 0) is 4.79 Å². The van der Waals surface area contributed by atoms with Gasteiger partial charge in [-0.2, -0.15) is 0 Å². The normalized spacial score (nSPS) is 18.0. The Bertz CT molecular complexity index is 680. The molecule has 120 valence electrons. The van der Waals surface area contributed by atoms with Gasteiger partial charge in [0.15, 0.2) is 5.78 Å². The molecular weight excluding hydrogens is 308 g/mol. The van der Waals surface area contributed by atoms with Gasteiger partial charge in [-0.1, -0.05) is 6.07 Å². The van der Waals surface area contributed by atoms with Gasteiger partial charge >= 0.3 is 0 Å². The average molecular weight is 328 g/mol. The predicted octanol–water partition coefficient (Wildman–Crippen LogP) is 3.73. The number of carbonyl (C=O) groups is 2. The monoisotopic (exact) mass is 328 g/mol. The SMILES string of the molecule is CC(=O)c1ccc(NC(=O)CN2CCCC2c2cccs2)cc1. The predicted molar refractivity (Wildman–Crippen MR) is 92.9 cm³/mol. The van der Waals surface area contributed by atoms with Crippen molar-refractivity contribution >= 4 is 28.7 Å². The van der Waals surface area contributed by atoms with Crippen LogP contribution in [0.1, 0.15) is 41.0 Å². The molecule has 1 aliphatic heterocycles. The van der Waals surface area contributed by atoms with Crippen LogP contribution >= 0.6 is 11.3 Å². The van der Waals surface area contributed by atoms with E-state index < -0.39 is 0 Å². The molecule has 1 fully saturated rings. The van der Waals surface area contributed by atoms with E-state index in [1.54, 1.807) is 35.6 Å². The van der Waals surface area contributed by atoms with Crippen LogP contribution < -0.4 is 5.32 Å². The third-order valence-corrected chi connectivity index (χ3v) is 5.13. The lowest BCUT2D eigenvalue weighted by molar-refractivity contribution is -0.117. The first kappa shape index (κ1) is 15.9. The summed E-state index contributed by atoms with van der Waals surface area (Å²) in [6.07, 6.45) is 2.24. The van der Waals surface area contributed by atoms with Crippen LogP contribution in [0.25, 0.3) is 0 Å². The molecule has 0 saturated carbocycles. The molecule has 1 unspecified atom stereocenters. The summed E-state index contributed by atoms with van der Waals surface area (Å²) in [5.74, 6) is 0.0164. The molecular formula is C18H20N2O2S. The Labute approximate surface area is 140 Å². The fourth-order valence-corrected chi connectivity index (χ4v) is 3.89. The molecule has 2 heterocycles. The first-order valence-corrected chi connectivity index (χ1v) is 8.70. The number of rotatable bonds is 5. The summed E-state index contributed by atoms with van der Waals surface area (Å²) >= 11 is 1.75. The molecule has 4 nitrogen and oxygen atoms in total. The summed E-state index contributed by atoms with van der Waals surface area (Å²) in [6.45, 7) is 2.89. The van der Waals surface area contributed by atoms with E-state index in [1.165, 1.54) is 11.8 Å². The Kier molecular flexibility index (Phi) is 4.88. The van der Waals surface area contributed by atoms with E-state index >= 15 is 0 Å². The summed E-state index contributed by atoms with van der Waals surface area (Å²) in [6, 6.07) is 11.6. The Balaban J connectivity index is 1.59. The number of benzene rings is 1. The number of nitrogens with zero attached hydrogens (tertiary/aromatic N) is 1. The fourth-order valence-electron chi connectivity index (χ4n) is 2.99. The maximum Gasteiger partial charge on any atom is 0.238 e. The summed E-state index contributed by atoms with van der Waals surface area (Å²) in [5, 5.41) is 5.00. The van der Waals surface area contributed by atoms with Gasteiger partial charge < -0.3 is 5.32 Å². The lowest BCUT2D eigenvalue weighted by Gasteiger charge is -2.22. The van der Waals surface area contributed by atoms with Gasteiger partial charge in [0.2, 0.25) is 5.91 Å². The highest BCUT2D eigenvalue weighted by Crippen LogP contribution is 2.34. The molecule has 1 N–H and O–H groups in total. The van der Waals surface area contributed by atoms with Crippen molar-refractivity contribution in [3.63, 3.8) is 0 Å². The van der Waals surface area contributed by atoms with Crippen molar-refractivity contribution in [1.82, 2.24) is 4.90 Å². The van der Waals surface area contributed by atoms with Gasteiger partial charge in [-0.25, -0.2) is 0 Å². The van der Waals surface area contributed by atoms with Gasteiger partial charge in [-0.05, 0) is 62.0 Å². The van der Waals surface area contributed by atoms with E-state index in [0.717, 1.165) is 25.1 Å². The standard InChI is InChI=1S/C18H20N2O2S/c1-13(21)14-6-8-15(9-7-14)19-18(22)12-20-10-2-4-16(20)17-5-3-11-23-17/h3,5-9,11,16H,2,4,10,12H2,1H3,(H,19,22). The largest absolute Gasteiger partial charge is 0.325 e. The molecule has 5 heteroatoms. The smallest absolute Gasteiger partial charge is 0.238 e. The third kappa shape index (κ3) is 3.86. The highest BCUT2D eigenvalue weighted by molar-refractivity contribution is 7.10. The van der Waals surface area contributed by atoms with Crippen LogP contribution in [0, 0.1) is 0 Å². The van der Waals surface area contributed by atoms with Crippen molar-refractivity contribution in [2.75, 3.05) is 18.4 Å². The van der Waals surface area contributed by atoms with Crippen LogP contribution in [0.5, 0.6) is 0 Å². The number of ketones is 1. The van der Waals surface area contributed by atoms with Crippen LogP contribution in [0.2, 0.25) is 0 Å².